The van der Waals surface area contributed by atoms with Gasteiger partial charge in [0.2, 0.25) is 11.5 Å². The lowest BCUT2D eigenvalue weighted by molar-refractivity contribution is -0.129. The van der Waals surface area contributed by atoms with Crippen molar-refractivity contribution in [3.63, 3.8) is 0 Å². The van der Waals surface area contributed by atoms with E-state index >= 15 is 0 Å². The number of ketones is 1. The first-order valence-corrected chi connectivity index (χ1v) is 12.8. The molecule has 1 unspecified atom stereocenters. The minimum absolute atomic E-state index is 0.00519. The molecule has 1 aliphatic rings. The number of Topliss-reactive ketones (excluding diaryl/α,β-unsaturated/α-hetero) is 1. The van der Waals surface area contributed by atoms with Crippen molar-refractivity contribution in [3.05, 3.63) is 69.9 Å². The largest absolute Gasteiger partial charge is 0.503 e. The molecule has 1 N–H and O–H groups in total. The molecule has 0 spiro atoms. The van der Waals surface area contributed by atoms with Gasteiger partial charge < -0.3 is 29.1 Å². The Kier molecular flexibility index (Phi) is 8.03. The Hall–Kier alpha value is -3.89. The van der Waals surface area contributed by atoms with Gasteiger partial charge in [0.05, 0.1) is 43.5 Å². The number of hydrogen-bond donors (Lipinski definition) is 1. The summed E-state index contributed by atoms with van der Waals surface area (Å²) in [5, 5.41) is 11.8. The van der Waals surface area contributed by atoms with Crippen LogP contribution in [0.1, 0.15) is 27.0 Å². The third kappa shape index (κ3) is 4.97. The van der Waals surface area contributed by atoms with E-state index in [1.807, 2.05) is 49.3 Å². The average molecular weight is 538 g/mol. The molecule has 1 aromatic heterocycles. The van der Waals surface area contributed by atoms with Gasteiger partial charge in [-0.05, 0) is 38.7 Å². The second-order valence-electron chi connectivity index (χ2n) is 9.05. The van der Waals surface area contributed by atoms with Crippen molar-refractivity contribution >= 4 is 23.0 Å². The van der Waals surface area contributed by atoms with Crippen molar-refractivity contribution in [2.24, 2.45) is 0 Å². The van der Waals surface area contributed by atoms with E-state index in [0.29, 0.717) is 44.9 Å². The fourth-order valence-electron chi connectivity index (χ4n) is 4.46. The maximum Gasteiger partial charge on any atom is 0.290 e. The third-order valence-electron chi connectivity index (χ3n) is 6.36. The van der Waals surface area contributed by atoms with Crippen molar-refractivity contribution in [1.29, 1.82) is 0 Å². The Labute approximate surface area is 225 Å². The van der Waals surface area contributed by atoms with Gasteiger partial charge in [0.15, 0.2) is 17.3 Å². The van der Waals surface area contributed by atoms with Crippen LogP contribution in [-0.2, 0) is 4.79 Å². The van der Waals surface area contributed by atoms with E-state index in [1.54, 1.807) is 19.1 Å². The van der Waals surface area contributed by atoms with E-state index in [2.05, 4.69) is 4.98 Å². The smallest absolute Gasteiger partial charge is 0.290 e. The summed E-state index contributed by atoms with van der Waals surface area (Å²) in [6.07, 6.45) is 0. The average Bonchev–Trinajstić information content (AvgIpc) is 3.43. The molecule has 200 valence electrons. The van der Waals surface area contributed by atoms with E-state index in [-0.39, 0.29) is 12.1 Å². The molecule has 0 bridgehead atoms. The van der Waals surface area contributed by atoms with Gasteiger partial charge in [-0.15, -0.1) is 11.3 Å². The topological polar surface area (TPSA) is 101 Å². The molecule has 0 aliphatic carbocycles. The SMILES string of the molecule is COc1cc(C2C(C(=O)c3sc(-c4ccccc4)nc3C)=C(O)C(=O)N2CCN(C)C)cc(OC)c1OC. The summed E-state index contributed by atoms with van der Waals surface area (Å²) in [5.41, 5.74) is 1.95. The Balaban J connectivity index is 1.85. The lowest BCUT2D eigenvalue weighted by Gasteiger charge is -2.28. The van der Waals surface area contributed by atoms with Gasteiger partial charge in [0.1, 0.15) is 5.01 Å². The van der Waals surface area contributed by atoms with E-state index < -0.39 is 23.5 Å². The van der Waals surface area contributed by atoms with Crippen LogP contribution in [0.5, 0.6) is 17.2 Å². The number of carbonyl (C=O) groups excluding carboxylic acids is 2. The number of carbonyl (C=O) groups is 2. The molecule has 0 saturated carbocycles. The maximum absolute atomic E-state index is 14.0. The molecule has 2 heterocycles. The summed E-state index contributed by atoms with van der Waals surface area (Å²) >= 11 is 1.24. The highest BCUT2D eigenvalue weighted by atomic mass is 32.1. The number of rotatable bonds is 10. The second-order valence-corrected chi connectivity index (χ2v) is 10.1. The van der Waals surface area contributed by atoms with E-state index in [1.165, 1.54) is 37.6 Å². The molecular weight excluding hydrogens is 506 g/mol. The first-order chi connectivity index (χ1) is 18.2. The number of likely N-dealkylation sites (N-methyl/N-ethyl adjacent to an activating group) is 1. The predicted molar refractivity (Wildman–Crippen MR) is 145 cm³/mol. The van der Waals surface area contributed by atoms with Gasteiger partial charge in [-0.25, -0.2) is 4.98 Å². The summed E-state index contributed by atoms with van der Waals surface area (Å²) in [7, 11) is 8.27. The van der Waals surface area contributed by atoms with Crippen LogP contribution in [0, 0.1) is 6.92 Å². The van der Waals surface area contributed by atoms with Crippen LogP contribution in [0.25, 0.3) is 10.6 Å². The van der Waals surface area contributed by atoms with E-state index in [4.69, 9.17) is 14.2 Å². The summed E-state index contributed by atoms with van der Waals surface area (Å²) in [6.45, 7) is 2.56. The molecule has 38 heavy (non-hydrogen) atoms. The van der Waals surface area contributed by atoms with Crippen LogP contribution in [0.4, 0.5) is 0 Å². The zero-order valence-electron chi connectivity index (χ0n) is 22.3. The lowest BCUT2D eigenvalue weighted by atomic mass is 9.94. The highest BCUT2D eigenvalue weighted by Crippen LogP contribution is 2.46. The minimum atomic E-state index is -0.870. The Morgan fingerprint density at radius 2 is 1.71 bits per heavy atom. The normalized spacial score (nSPS) is 15.4. The molecule has 0 saturated heterocycles. The van der Waals surface area contributed by atoms with Crippen molar-refractivity contribution in [1.82, 2.24) is 14.8 Å². The minimum Gasteiger partial charge on any atom is -0.503 e. The number of amides is 1. The molecule has 0 fully saturated rings. The number of aliphatic hydroxyl groups excluding tert-OH is 1. The third-order valence-corrected chi connectivity index (χ3v) is 7.57. The van der Waals surface area contributed by atoms with E-state index in [0.717, 1.165) is 5.56 Å². The van der Waals surface area contributed by atoms with Gasteiger partial charge in [-0.2, -0.15) is 0 Å². The van der Waals surface area contributed by atoms with Crippen LogP contribution in [0.3, 0.4) is 0 Å². The lowest BCUT2D eigenvalue weighted by Crippen LogP contribution is -2.36. The first-order valence-electron chi connectivity index (χ1n) is 12.0. The summed E-state index contributed by atoms with van der Waals surface area (Å²) in [6, 6.07) is 12.1. The monoisotopic (exact) mass is 537 g/mol. The van der Waals surface area contributed by atoms with Crippen LogP contribution in [-0.4, -0.2) is 80.1 Å². The van der Waals surface area contributed by atoms with Crippen molar-refractivity contribution in [3.8, 4) is 27.8 Å². The number of benzene rings is 2. The molecule has 4 rings (SSSR count). The van der Waals surface area contributed by atoms with Gasteiger partial charge >= 0.3 is 0 Å². The summed E-state index contributed by atoms with van der Waals surface area (Å²) in [4.78, 5) is 35.8. The van der Waals surface area contributed by atoms with Crippen LogP contribution < -0.4 is 14.2 Å². The first kappa shape index (κ1) is 27.2. The van der Waals surface area contributed by atoms with Gasteiger partial charge in [-0.3, -0.25) is 9.59 Å². The number of thiazole rings is 1. The molecule has 1 amide bonds. The van der Waals surface area contributed by atoms with Crippen LogP contribution in [0.2, 0.25) is 0 Å². The van der Waals surface area contributed by atoms with Crippen LogP contribution in [0.15, 0.2) is 53.8 Å². The number of nitrogens with zero attached hydrogens (tertiary/aromatic N) is 3. The number of aliphatic hydroxyl groups is 1. The molecule has 1 atom stereocenters. The Bertz CT molecular complexity index is 1360. The molecule has 10 heteroatoms. The highest BCUT2D eigenvalue weighted by Gasteiger charge is 2.45. The summed E-state index contributed by atoms with van der Waals surface area (Å²) < 4.78 is 16.5. The molecule has 2 aromatic carbocycles. The predicted octanol–water partition coefficient (Wildman–Crippen LogP) is 4.28. The Morgan fingerprint density at radius 3 is 2.26 bits per heavy atom. The van der Waals surface area contributed by atoms with Crippen LogP contribution >= 0.6 is 11.3 Å². The molecule has 9 nitrogen and oxygen atoms in total. The standard InChI is InChI=1S/C28H31N3O6S/c1-16-26(38-27(29-16)17-10-8-7-9-11-17)23(32)21-22(31(13-12-30(2)3)28(34)24(21)33)18-14-19(35-4)25(37-6)20(15-18)36-5/h7-11,14-15,22,33H,12-13H2,1-6H3. The quantitative estimate of drug-likeness (QED) is 0.383. The number of hydrogen-bond acceptors (Lipinski definition) is 9. The fourth-order valence-corrected chi connectivity index (χ4v) is 5.49. The van der Waals surface area contributed by atoms with E-state index in [9.17, 15) is 14.7 Å². The number of methoxy groups -OCH3 is 3. The molecule has 3 aromatic rings. The number of ether oxygens (including phenoxy) is 3. The van der Waals surface area contributed by atoms with Gasteiger partial charge in [0.25, 0.3) is 5.91 Å². The maximum atomic E-state index is 14.0. The number of aromatic nitrogens is 1. The fraction of sp³-hybridized carbons (Fsp3) is 0.321. The molecule has 1 aliphatic heterocycles. The number of aryl methyl sites for hydroxylation is 1. The van der Waals surface area contributed by atoms with Crippen molar-refractivity contribution in [2.45, 2.75) is 13.0 Å². The highest BCUT2D eigenvalue weighted by molar-refractivity contribution is 7.17. The zero-order chi connectivity index (χ0) is 27.6. The van der Waals surface area contributed by atoms with Gasteiger partial charge in [-0.1, -0.05) is 30.3 Å². The summed E-state index contributed by atoms with van der Waals surface area (Å²) in [5.74, 6) is -0.490. The molecular formula is C28H31N3O6S. The van der Waals surface area contributed by atoms with Gasteiger partial charge in [0, 0.05) is 18.7 Å². The second kappa shape index (κ2) is 11.2. The van der Waals surface area contributed by atoms with Crippen molar-refractivity contribution in [2.75, 3.05) is 48.5 Å². The Morgan fingerprint density at radius 1 is 1.08 bits per heavy atom. The zero-order valence-corrected chi connectivity index (χ0v) is 23.1. The van der Waals surface area contributed by atoms with Crippen molar-refractivity contribution < 1.29 is 28.9 Å². The molecule has 0 radical (unpaired) electrons.